The van der Waals surface area contributed by atoms with Crippen molar-refractivity contribution in [2.45, 2.75) is 65.8 Å². The van der Waals surface area contributed by atoms with Gasteiger partial charge in [-0.15, -0.1) is 11.3 Å². The number of aromatic carboxylic acids is 1. The van der Waals surface area contributed by atoms with Crippen LogP contribution in [0.15, 0.2) is 6.07 Å². The van der Waals surface area contributed by atoms with Gasteiger partial charge in [-0.1, -0.05) is 18.8 Å². The highest BCUT2D eigenvalue weighted by Crippen LogP contribution is 2.37. The lowest BCUT2D eigenvalue weighted by Crippen LogP contribution is -2.46. The summed E-state index contributed by atoms with van der Waals surface area (Å²) < 4.78 is 5.23. The molecule has 1 saturated heterocycles. The predicted octanol–water partition coefficient (Wildman–Crippen LogP) is 4.72. The quantitative estimate of drug-likeness (QED) is 0.579. The van der Waals surface area contributed by atoms with Gasteiger partial charge in [0.05, 0.1) is 23.2 Å². The number of methoxy groups -OCH3 is 1. The van der Waals surface area contributed by atoms with Crippen molar-refractivity contribution in [2.24, 2.45) is 17.3 Å². The zero-order valence-electron chi connectivity index (χ0n) is 20.6. The second kappa shape index (κ2) is 11.0. The molecule has 1 saturated carbocycles. The second-order valence-electron chi connectivity index (χ2n) is 10.5. The molecular formula is C26H38N2O4S. The minimum Gasteiger partial charge on any atom is -0.477 e. The molecule has 182 valence electrons. The van der Waals surface area contributed by atoms with E-state index in [1.807, 2.05) is 31.7 Å². The van der Waals surface area contributed by atoms with Crippen LogP contribution in [0.4, 0.5) is 5.69 Å². The Morgan fingerprint density at radius 3 is 2.55 bits per heavy atom. The van der Waals surface area contributed by atoms with Crippen molar-refractivity contribution in [3.05, 3.63) is 15.8 Å². The molecular weight excluding hydrogens is 436 g/mol. The summed E-state index contributed by atoms with van der Waals surface area (Å²) in [6.45, 7) is 11.4. The lowest BCUT2D eigenvalue weighted by Gasteiger charge is -2.34. The molecule has 2 heterocycles. The van der Waals surface area contributed by atoms with Gasteiger partial charge in [0, 0.05) is 38.1 Å². The average molecular weight is 475 g/mol. The summed E-state index contributed by atoms with van der Waals surface area (Å²) >= 11 is 1.17. The number of carboxylic acids is 1. The molecule has 1 unspecified atom stereocenters. The van der Waals surface area contributed by atoms with E-state index in [0.717, 1.165) is 51.7 Å². The second-order valence-corrected chi connectivity index (χ2v) is 11.6. The van der Waals surface area contributed by atoms with Gasteiger partial charge in [0.1, 0.15) is 4.88 Å². The molecule has 2 fully saturated rings. The SMILES string of the molecule is COCCN1CCC(N(c2cc(C#CC(C)(C)C)sc2C(=O)O)C(=O)[C@H]2CC[C@H](C)CC2)C1. The number of rotatable bonds is 7. The summed E-state index contributed by atoms with van der Waals surface area (Å²) in [4.78, 5) is 31.1. The fourth-order valence-electron chi connectivity index (χ4n) is 4.67. The first-order chi connectivity index (χ1) is 15.6. The van der Waals surface area contributed by atoms with E-state index in [1.54, 1.807) is 7.11 Å². The largest absolute Gasteiger partial charge is 0.477 e. The molecule has 2 aliphatic rings. The Bertz CT molecular complexity index is 900. The fraction of sp³-hybridized carbons (Fsp3) is 0.692. The number of ether oxygens (including phenoxy) is 1. The molecule has 33 heavy (non-hydrogen) atoms. The maximum absolute atomic E-state index is 13.9. The van der Waals surface area contributed by atoms with Crippen LogP contribution in [0.1, 0.15) is 74.3 Å². The minimum absolute atomic E-state index is 0.0372. The molecule has 1 aliphatic heterocycles. The number of amides is 1. The summed E-state index contributed by atoms with van der Waals surface area (Å²) in [5.41, 5.74) is 0.336. The lowest BCUT2D eigenvalue weighted by molar-refractivity contribution is -0.124. The Balaban J connectivity index is 1.96. The Morgan fingerprint density at radius 2 is 1.94 bits per heavy atom. The fourth-order valence-corrected chi connectivity index (χ4v) is 5.51. The number of hydrogen-bond donors (Lipinski definition) is 1. The van der Waals surface area contributed by atoms with Crippen LogP contribution in [0.3, 0.4) is 0 Å². The van der Waals surface area contributed by atoms with Crippen LogP contribution in [-0.4, -0.2) is 61.3 Å². The monoisotopic (exact) mass is 474 g/mol. The third-order valence-electron chi connectivity index (χ3n) is 6.55. The molecule has 1 amide bonds. The van der Waals surface area contributed by atoms with Crippen LogP contribution >= 0.6 is 11.3 Å². The molecule has 0 spiro atoms. The van der Waals surface area contributed by atoms with E-state index in [4.69, 9.17) is 4.74 Å². The first kappa shape index (κ1) is 25.7. The Hall–Kier alpha value is -1.88. The van der Waals surface area contributed by atoms with Gasteiger partial charge in [-0.2, -0.15) is 0 Å². The number of carbonyl (C=O) groups excluding carboxylic acids is 1. The summed E-state index contributed by atoms with van der Waals surface area (Å²) in [5.74, 6) is 6.03. The van der Waals surface area contributed by atoms with Gasteiger partial charge in [0.2, 0.25) is 5.91 Å². The van der Waals surface area contributed by atoms with Crippen LogP contribution in [0.25, 0.3) is 0 Å². The van der Waals surface area contributed by atoms with Gasteiger partial charge < -0.3 is 14.7 Å². The first-order valence-electron chi connectivity index (χ1n) is 12.0. The van der Waals surface area contributed by atoms with E-state index in [2.05, 4.69) is 23.7 Å². The first-order valence-corrected chi connectivity index (χ1v) is 12.9. The van der Waals surface area contributed by atoms with E-state index in [-0.39, 0.29) is 28.2 Å². The van der Waals surface area contributed by atoms with Gasteiger partial charge in [-0.25, -0.2) is 4.79 Å². The van der Waals surface area contributed by atoms with Crippen molar-refractivity contribution in [2.75, 3.05) is 38.3 Å². The van der Waals surface area contributed by atoms with Crippen molar-refractivity contribution >= 4 is 28.9 Å². The minimum atomic E-state index is -0.997. The summed E-state index contributed by atoms with van der Waals surface area (Å²) in [5, 5.41) is 9.99. The normalized spacial score (nSPS) is 23.7. The van der Waals surface area contributed by atoms with Crippen LogP contribution in [0.2, 0.25) is 0 Å². The van der Waals surface area contributed by atoms with E-state index in [9.17, 15) is 14.7 Å². The highest BCUT2D eigenvalue weighted by atomic mass is 32.1. The topological polar surface area (TPSA) is 70.1 Å². The molecule has 1 aromatic heterocycles. The molecule has 1 aromatic rings. The number of carbonyl (C=O) groups is 2. The molecule has 7 heteroatoms. The molecule has 1 aliphatic carbocycles. The molecule has 1 atom stereocenters. The Kier molecular flexibility index (Phi) is 8.60. The summed E-state index contributed by atoms with van der Waals surface area (Å²) in [7, 11) is 1.69. The number of anilines is 1. The Labute approximate surface area is 202 Å². The van der Waals surface area contributed by atoms with Gasteiger partial charge in [-0.3, -0.25) is 9.69 Å². The van der Waals surface area contributed by atoms with Gasteiger partial charge in [-0.05, 0) is 64.9 Å². The third-order valence-corrected chi connectivity index (χ3v) is 7.58. The molecule has 1 N–H and O–H groups in total. The standard InChI is InChI=1S/C26H38N2O4S/c1-18-6-8-19(9-7-18)24(29)28(20-11-13-27(17-20)14-15-32-5)22-16-21(10-12-26(2,3)4)33-23(22)25(30)31/h16,18-20H,6-9,11,13-15,17H2,1-5H3,(H,30,31)/t18-,19-,20?. The van der Waals surface area contributed by atoms with E-state index in [1.165, 1.54) is 11.3 Å². The maximum Gasteiger partial charge on any atom is 0.348 e. The number of hydrogen-bond acceptors (Lipinski definition) is 5. The van der Waals surface area contributed by atoms with Crippen LogP contribution in [0.5, 0.6) is 0 Å². The lowest BCUT2D eigenvalue weighted by atomic mass is 9.82. The van der Waals surface area contributed by atoms with Crippen LogP contribution < -0.4 is 4.90 Å². The van der Waals surface area contributed by atoms with Crippen molar-refractivity contribution in [3.8, 4) is 11.8 Å². The van der Waals surface area contributed by atoms with Crippen molar-refractivity contribution in [1.82, 2.24) is 4.90 Å². The molecule has 0 aromatic carbocycles. The van der Waals surface area contributed by atoms with E-state index >= 15 is 0 Å². The Morgan fingerprint density at radius 1 is 1.24 bits per heavy atom. The number of thiophene rings is 1. The number of carboxylic acid groups (broad SMARTS) is 1. The van der Waals surface area contributed by atoms with Gasteiger partial charge >= 0.3 is 5.97 Å². The average Bonchev–Trinajstić information content (AvgIpc) is 3.39. The van der Waals surface area contributed by atoms with E-state index in [0.29, 0.717) is 23.1 Å². The summed E-state index contributed by atoms with van der Waals surface area (Å²) in [6.07, 6.45) is 4.68. The number of likely N-dealkylation sites (tertiary alicyclic amines) is 1. The molecule has 0 radical (unpaired) electrons. The van der Waals surface area contributed by atoms with Gasteiger partial charge in [0.25, 0.3) is 0 Å². The zero-order chi connectivity index (χ0) is 24.2. The highest BCUT2D eigenvalue weighted by molar-refractivity contribution is 7.15. The van der Waals surface area contributed by atoms with Crippen LogP contribution in [-0.2, 0) is 9.53 Å². The summed E-state index contributed by atoms with van der Waals surface area (Å²) in [6, 6.07) is 1.79. The highest BCUT2D eigenvalue weighted by Gasteiger charge is 2.38. The maximum atomic E-state index is 13.9. The van der Waals surface area contributed by atoms with Crippen molar-refractivity contribution in [1.29, 1.82) is 0 Å². The van der Waals surface area contributed by atoms with Crippen molar-refractivity contribution < 1.29 is 19.4 Å². The number of nitrogens with zero attached hydrogens (tertiary/aromatic N) is 2. The third kappa shape index (κ3) is 6.81. The van der Waals surface area contributed by atoms with Gasteiger partial charge in [0.15, 0.2) is 0 Å². The van der Waals surface area contributed by atoms with E-state index < -0.39 is 5.97 Å². The van der Waals surface area contributed by atoms with Crippen molar-refractivity contribution in [3.63, 3.8) is 0 Å². The van der Waals surface area contributed by atoms with Crippen LogP contribution in [0, 0.1) is 29.1 Å². The molecule has 3 rings (SSSR count). The zero-order valence-corrected chi connectivity index (χ0v) is 21.5. The smallest absolute Gasteiger partial charge is 0.348 e. The predicted molar refractivity (Wildman–Crippen MR) is 133 cm³/mol. The molecule has 6 nitrogen and oxygen atoms in total. The molecule has 0 bridgehead atoms.